The number of hydrogen-bond acceptors (Lipinski definition) is 6. The highest BCUT2D eigenvalue weighted by molar-refractivity contribution is 6.05. The lowest BCUT2D eigenvalue weighted by atomic mass is 10.0. The van der Waals surface area contributed by atoms with Crippen LogP contribution in [0.1, 0.15) is 46.7 Å². The van der Waals surface area contributed by atoms with Crippen LogP contribution in [-0.4, -0.2) is 59.8 Å². The molecule has 2 saturated heterocycles. The summed E-state index contributed by atoms with van der Waals surface area (Å²) in [5.41, 5.74) is 1.72. The molecular formula is C25H27N3O5. The van der Waals surface area contributed by atoms with Gasteiger partial charge in [0, 0.05) is 39.9 Å². The summed E-state index contributed by atoms with van der Waals surface area (Å²) in [5, 5.41) is 1.77. The van der Waals surface area contributed by atoms with E-state index >= 15 is 0 Å². The highest BCUT2D eigenvalue weighted by atomic mass is 16.5. The van der Waals surface area contributed by atoms with Gasteiger partial charge in [0.05, 0.1) is 23.8 Å². The van der Waals surface area contributed by atoms with Gasteiger partial charge >= 0.3 is 0 Å². The molecule has 172 valence electrons. The van der Waals surface area contributed by atoms with E-state index in [1.165, 1.54) is 18.2 Å². The van der Waals surface area contributed by atoms with Gasteiger partial charge in [-0.1, -0.05) is 30.3 Å². The number of benzene rings is 2. The van der Waals surface area contributed by atoms with E-state index in [1.807, 2.05) is 24.3 Å². The van der Waals surface area contributed by atoms with Gasteiger partial charge < -0.3 is 14.4 Å². The summed E-state index contributed by atoms with van der Waals surface area (Å²) in [6, 6.07) is 9.50. The molecule has 3 aliphatic heterocycles. The second-order valence-electron chi connectivity index (χ2n) is 8.01. The lowest BCUT2D eigenvalue weighted by Gasteiger charge is -2.29. The molecule has 8 nitrogen and oxygen atoms in total. The van der Waals surface area contributed by atoms with Crippen LogP contribution in [0.5, 0.6) is 5.75 Å². The molecule has 0 bridgehead atoms. The Balaban J connectivity index is 1.36. The van der Waals surface area contributed by atoms with Crippen molar-refractivity contribution in [1.29, 1.82) is 0 Å². The Morgan fingerprint density at radius 3 is 2.64 bits per heavy atom. The Hall–Kier alpha value is -3.23. The van der Waals surface area contributed by atoms with Crippen molar-refractivity contribution in [3.05, 3.63) is 64.7 Å². The summed E-state index contributed by atoms with van der Waals surface area (Å²) >= 11 is 0. The van der Waals surface area contributed by atoms with Gasteiger partial charge in [0.2, 0.25) is 11.8 Å². The molecule has 3 amide bonds. The Kier molecular flexibility index (Phi) is 4.63. The number of ether oxygens (including phenoxy) is 2. The van der Waals surface area contributed by atoms with E-state index in [4.69, 9.17) is 16.3 Å². The average Bonchev–Trinajstić information content (AvgIpc) is 3.08. The number of carbonyl (C=O) groups excluding carboxylic acids is 3. The van der Waals surface area contributed by atoms with Gasteiger partial charge in [-0.2, -0.15) is 0 Å². The van der Waals surface area contributed by atoms with Crippen molar-refractivity contribution >= 4 is 17.7 Å². The molecular weight excluding hydrogens is 422 g/mol. The predicted octanol–water partition coefficient (Wildman–Crippen LogP) is 1.86. The minimum absolute atomic E-state index is 0.0691. The Morgan fingerprint density at radius 2 is 1.85 bits per heavy atom. The Bertz CT molecular complexity index is 1280. The van der Waals surface area contributed by atoms with Crippen molar-refractivity contribution in [2.24, 2.45) is 0 Å². The number of hydrogen-bond donors (Lipinski definition) is 1. The fraction of sp³-hybridized carbons (Fsp3) is 0.400. The van der Waals surface area contributed by atoms with Crippen LogP contribution in [0.2, 0.25) is 0 Å². The summed E-state index contributed by atoms with van der Waals surface area (Å²) in [4.78, 5) is 40.5. The van der Waals surface area contributed by atoms with E-state index in [1.54, 1.807) is 5.32 Å². The van der Waals surface area contributed by atoms with Crippen LogP contribution in [0.3, 0.4) is 0 Å². The van der Waals surface area contributed by atoms with Gasteiger partial charge in [0.1, 0.15) is 18.4 Å². The molecule has 2 aromatic rings. The van der Waals surface area contributed by atoms with Crippen molar-refractivity contribution in [1.82, 2.24) is 15.1 Å². The molecule has 0 aliphatic carbocycles. The summed E-state index contributed by atoms with van der Waals surface area (Å²) < 4.78 is 53.2. The molecule has 33 heavy (non-hydrogen) atoms. The van der Waals surface area contributed by atoms with E-state index in [-0.39, 0.29) is 23.5 Å². The summed E-state index contributed by atoms with van der Waals surface area (Å²) in [5.74, 6) is -3.38. The predicted molar refractivity (Wildman–Crippen MR) is 119 cm³/mol. The zero-order valence-corrected chi connectivity index (χ0v) is 17.9. The number of carbonyl (C=O) groups is 3. The molecule has 0 radical (unpaired) electrons. The minimum Gasteiger partial charge on any atom is -0.489 e. The highest BCUT2D eigenvalue weighted by Crippen LogP contribution is 2.34. The zero-order chi connectivity index (χ0) is 27.3. The molecule has 0 spiro atoms. The number of amides is 3. The first-order valence-electron chi connectivity index (χ1n) is 13.3. The number of nitrogens with one attached hydrogen (secondary N) is 1. The number of nitrogens with zero attached hydrogens (tertiary/aromatic N) is 2. The van der Waals surface area contributed by atoms with Crippen LogP contribution in [0.15, 0.2) is 42.5 Å². The minimum atomic E-state index is -2.69. The quantitative estimate of drug-likeness (QED) is 0.671. The first-order chi connectivity index (χ1) is 17.9. The fourth-order valence-corrected chi connectivity index (χ4v) is 3.98. The fourth-order valence-electron chi connectivity index (χ4n) is 3.98. The van der Waals surface area contributed by atoms with Gasteiger partial charge in [-0.3, -0.25) is 24.6 Å². The summed E-state index contributed by atoms with van der Waals surface area (Å²) in [6.45, 7) is 1.41. The van der Waals surface area contributed by atoms with Crippen molar-refractivity contribution in [3.8, 4) is 5.75 Å². The van der Waals surface area contributed by atoms with Gasteiger partial charge in [0.15, 0.2) is 0 Å². The monoisotopic (exact) mass is 454 g/mol. The second kappa shape index (κ2) is 9.33. The van der Waals surface area contributed by atoms with Crippen LogP contribution in [0.25, 0.3) is 0 Å². The van der Waals surface area contributed by atoms with Crippen molar-refractivity contribution in [2.75, 3.05) is 26.3 Å². The third-order valence-electron chi connectivity index (χ3n) is 5.79. The molecule has 2 fully saturated rings. The largest absolute Gasteiger partial charge is 0.489 e. The number of rotatable bonds is 6. The number of piperidine rings is 1. The number of fused-ring (bicyclic) bond motifs is 1. The maximum absolute atomic E-state index is 13.3. The molecule has 0 saturated carbocycles. The smallest absolute Gasteiger partial charge is 0.255 e. The molecule has 8 heteroatoms. The standard InChI is InChI=1S/C25H27N3O5/c29-23-9-8-21(24(30)26-23)28-15-20-19(25(28)31)2-1-3-22(20)33-16-18-6-4-17(5-7-18)14-27-10-12-32-13-11-27/h1-7,21H,8-16H2,(H,26,29,30)/i9D2,15D2,21D. The molecule has 0 aromatic heterocycles. The van der Waals surface area contributed by atoms with E-state index in [9.17, 15) is 14.4 Å². The number of imide groups is 1. The normalized spacial score (nSPS) is 28.7. The molecule has 1 N–H and O–H groups in total. The van der Waals surface area contributed by atoms with Crippen molar-refractivity contribution in [3.63, 3.8) is 0 Å². The lowest BCUT2D eigenvalue weighted by molar-refractivity contribution is -0.136. The maximum atomic E-state index is 13.3. The highest BCUT2D eigenvalue weighted by Gasteiger charge is 2.40. The maximum Gasteiger partial charge on any atom is 0.255 e. The molecule has 2 aromatic carbocycles. The van der Waals surface area contributed by atoms with Gasteiger partial charge in [-0.15, -0.1) is 0 Å². The van der Waals surface area contributed by atoms with E-state index < -0.39 is 43.0 Å². The molecule has 1 unspecified atom stereocenters. The zero-order valence-electron chi connectivity index (χ0n) is 22.9. The lowest BCUT2D eigenvalue weighted by Crippen LogP contribution is -2.52. The van der Waals surface area contributed by atoms with E-state index in [0.29, 0.717) is 4.90 Å². The molecule has 3 aliphatic rings. The topological polar surface area (TPSA) is 88.2 Å². The van der Waals surface area contributed by atoms with Crippen LogP contribution < -0.4 is 10.1 Å². The number of morpholine rings is 1. The SMILES string of the molecule is [2H]C1([2H])CC([2H])(N2C(=O)c3cccc(OCc4ccc(CN5CCOCC5)cc4)c3C2([2H])[2H])C(=O)NC1=O. The Labute approximate surface area is 199 Å². The molecule has 1 atom stereocenters. The van der Waals surface area contributed by atoms with Crippen LogP contribution in [-0.2, 0) is 34.0 Å². The van der Waals surface area contributed by atoms with E-state index in [2.05, 4.69) is 4.90 Å². The van der Waals surface area contributed by atoms with Gasteiger partial charge in [-0.25, -0.2) is 0 Å². The van der Waals surface area contributed by atoms with E-state index in [0.717, 1.165) is 44.0 Å². The van der Waals surface area contributed by atoms with Crippen molar-refractivity contribution < 1.29 is 30.7 Å². The van der Waals surface area contributed by atoms with Gasteiger partial charge in [-0.05, 0) is 29.7 Å². The first-order valence-corrected chi connectivity index (χ1v) is 10.8. The first kappa shape index (κ1) is 16.4. The third-order valence-corrected chi connectivity index (χ3v) is 5.79. The van der Waals surface area contributed by atoms with Crippen LogP contribution in [0, 0.1) is 0 Å². The Morgan fingerprint density at radius 1 is 1.09 bits per heavy atom. The second-order valence-corrected chi connectivity index (χ2v) is 8.01. The molecule has 5 rings (SSSR count). The van der Waals surface area contributed by atoms with Crippen LogP contribution >= 0.6 is 0 Å². The van der Waals surface area contributed by atoms with Crippen molar-refractivity contribution in [2.45, 2.75) is 38.5 Å². The molecule has 3 heterocycles. The van der Waals surface area contributed by atoms with Gasteiger partial charge in [0.25, 0.3) is 5.91 Å². The summed E-state index contributed by atoms with van der Waals surface area (Å²) in [6.07, 6.45) is -3.65. The van der Waals surface area contributed by atoms with Crippen LogP contribution in [0.4, 0.5) is 0 Å². The summed E-state index contributed by atoms with van der Waals surface area (Å²) in [7, 11) is 0. The average molecular weight is 455 g/mol. The third kappa shape index (κ3) is 4.62.